The minimum Gasteiger partial charge on any atom is -0.391 e. The number of β-amino-alcohol motifs (C(OH)–C–C–N with tert-alkyl or cyclic N) is 1. The summed E-state index contributed by atoms with van der Waals surface area (Å²) < 4.78 is 21.5. The second-order valence-corrected chi connectivity index (χ2v) is 7.50. The van der Waals surface area contributed by atoms with Crippen LogP contribution < -0.4 is 5.32 Å². The van der Waals surface area contributed by atoms with Gasteiger partial charge in [0.05, 0.1) is 24.7 Å². The smallest absolute Gasteiger partial charge is 0.318 e. The van der Waals surface area contributed by atoms with Gasteiger partial charge >= 0.3 is 6.03 Å². The number of urea groups is 1. The largest absolute Gasteiger partial charge is 0.391 e. The number of carbonyl (C=O) groups excluding carboxylic acids is 1. The Hall–Kier alpha value is -2.45. The SMILES string of the molecule is O=C(NCc1ccc(-n2ccnc2)c(F)c1)N1CC(O)CC1C1CCCOC1. The van der Waals surface area contributed by atoms with Crippen molar-refractivity contribution >= 4 is 6.03 Å². The Morgan fingerprint density at radius 1 is 1.43 bits per heavy atom. The zero-order valence-electron chi connectivity index (χ0n) is 15.6. The number of hydrogen-bond donors (Lipinski definition) is 2. The Labute approximate surface area is 163 Å². The van der Waals surface area contributed by atoms with Crippen LogP contribution in [0.25, 0.3) is 5.69 Å². The fraction of sp³-hybridized carbons (Fsp3) is 0.500. The predicted molar refractivity (Wildman–Crippen MR) is 100 cm³/mol. The summed E-state index contributed by atoms with van der Waals surface area (Å²) in [6.45, 7) is 1.93. The number of likely N-dealkylation sites (tertiary alicyclic amines) is 1. The number of carbonyl (C=O) groups is 1. The maximum Gasteiger partial charge on any atom is 0.318 e. The van der Waals surface area contributed by atoms with Gasteiger partial charge in [-0.05, 0) is 37.0 Å². The van der Waals surface area contributed by atoms with Crippen LogP contribution in [-0.2, 0) is 11.3 Å². The molecule has 0 saturated carbocycles. The van der Waals surface area contributed by atoms with Crippen molar-refractivity contribution in [3.8, 4) is 5.69 Å². The molecule has 3 atom stereocenters. The molecule has 2 aromatic rings. The summed E-state index contributed by atoms with van der Waals surface area (Å²) >= 11 is 0. The topological polar surface area (TPSA) is 79.6 Å². The number of rotatable bonds is 4. The lowest BCUT2D eigenvalue weighted by molar-refractivity contribution is 0.0259. The minimum absolute atomic E-state index is 0.0179. The van der Waals surface area contributed by atoms with Gasteiger partial charge in [0.25, 0.3) is 0 Å². The average molecular weight is 388 g/mol. The number of aliphatic hydroxyl groups is 1. The highest BCUT2D eigenvalue weighted by molar-refractivity contribution is 5.75. The highest BCUT2D eigenvalue weighted by Gasteiger charge is 2.39. The van der Waals surface area contributed by atoms with Gasteiger partial charge in [0.15, 0.2) is 0 Å². The molecule has 2 saturated heterocycles. The number of aromatic nitrogens is 2. The van der Waals surface area contributed by atoms with Gasteiger partial charge in [0.1, 0.15) is 5.82 Å². The minimum atomic E-state index is -0.510. The number of imidazole rings is 1. The van der Waals surface area contributed by atoms with E-state index in [0.29, 0.717) is 30.8 Å². The van der Waals surface area contributed by atoms with Crippen LogP contribution in [0.15, 0.2) is 36.9 Å². The molecular weight excluding hydrogens is 363 g/mol. The zero-order chi connectivity index (χ0) is 19.5. The van der Waals surface area contributed by atoms with Crippen LogP contribution in [0.3, 0.4) is 0 Å². The standard InChI is InChI=1S/C20H25FN4O3/c21-17-8-14(3-4-18(17)24-6-5-22-13-24)10-23-20(27)25-11-16(26)9-19(25)15-2-1-7-28-12-15/h3-6,8,13,15-16,19,26H,1-2,7,9-12H2,(H,23,27). The summed E-state index contributed by atoms with van der Waals surface area (Å²) in [7, 11) is 0. The van der Waals surface area contributed by atoms with E-state index in [1.165, 1.54) is 12.4 Å². The number of ether oxygens (including phenoxy) is 1. The molecule has 0 spiro atoms. The third kappa shape index (κ3) is 4.02. The van der Waals surface area contributed by atoms with Gasteiger partial charge in [-0.2, -0.15) is 0 Å². The van der Waals surface area contributed by atoms with Crippen molar-refractivity contribution < 1.29 is 19.0 Å². The van der Waals surface area contributed by atoms with Crippen LogP contribution >= 0.6 is 0 Å². The van der Waals surface area contributed by atoms with E-state index in [1.807, 2.05) is 0 Å². The van der Waals surface area contributed by atoms with Gasteiger partial charge in [-0.3, -0.25) is 0 Å². The maximum atomic E-state index is 14.4. The Balaban J connectivity index is 1.38. The summed E-state index contributed by atoms with van der Waals surface area (Å²) in [4.78, 5) is 18.3. The maximum absolute atomic E-state index is 14.4. The fourth-order valence-electron chi connectivity index (χ4n) is 4.14. The van der Waals surface area contributed by atoms with Gasteiger partial charge in [-0.25, -0.2) is 14.2 Å². The summed E-state index contributed by atoms with van der Waals surface area (Å²) in [6.07, 6.45) is 6.85. The third-order valence-corrected chi connectivity index (χ3v) is 5.56. The van der Waals surface area contributed by atoms with Crippen LogP contribution in [0, 0.1) is 11.7 Å². The van der Waals surface area contributed by atoms with Crippen molar-refractivity contribution in [2.75, 3.05) is 19.8 Å². The number of aliphatic hydroxyl groups excluding tert-OH is 1. The van der Waals surface area contributed by atoms with Crippen LogP contribution in [-0.4, -0.2) is 57.5 Å². The summed E-state index contributed by atoms with van der Waals surface area (Å²) in [5.41, 5.74) is 1.08. The van der Waals surface area contributed by atoms with Crippen LogP contribution in [0.4, 0.5) is 9.18 Å². The molecule has 0 aliphatic carbocycles. The van der Waals surface area contributed by atoms with Crippen molar-refractivity contribution in [1.82, 2.24) is 19.8 Å². The molecule has 2 aliphatic rings. The van der Waals surface area contributed by atoms with Crippen molar-refractivity contribution in [1.29, 1.82) is 0 Å². The Kier molecular flexibility index (Phi) is 5.59. The van der Waals surface area contributed by atoms with Gasteiger partial charge in [-0.15, -0.1) is 0 Å². The van der Waals surface area contributed by atoms with Crippen molar-refractivity contribution in [2.45, 2.75) is 38.0 Å². The molecule has 1 aromatic heterocycles. The molecule has 2 N–H and O–H groups in total. The first-order valence-electron chi connectivity index (χ1n) is 9.69. The summed E-state index contributed by atoms with van der Waals surface area (Å²) in [5.74, 6) is -0.123. The molecule has 0 radical (unpaired) electrons. The molecule has 4 rings (SSSR count). The van der Waals surface area contributed by atoms with E-state index in [4.69, 9.17) is 4.74 Å². The molecule has 7 nitrogen and oxygen atoms in total. The lowest BCUT2D eigenvalue weighted by Gasteiger charge is -2.33. The number of nitrogens with zero attached hydrogens (tertiary/aromatic N) is 3. The first kappa shape index (κ1) is 18.9. The summed E-state index contributed by atoms with van der Waals surface area (Å²) in [5, 5.41) is 12.9. The van der Waals surface area contributed by atoms with Crippen molar-refractivity contribution in [2.24, 2.45) is 5.92 Å². The first-order valence-corrected chi connectivity index (χ1v) is 9.69. The molecule has 2 aliphatic heterocycles. The number of amides is 2. The van der Waals surface area contributed by atoms with Crippen LogP contribution in [0.5, 0.6) is 0 Å². The average Bonchev–Trinajstić information content (AvgIpc) is 3.37. The number of halogens is 1. The number of nitrogens with one attached hydrogen (secondary N) is 1. The van der Waals surface area contributed by atoms with E-state index in [1.54, 1.807) is 34.0 Å². The molecule has 1 aromatic carbocycles. The van der Waals surface area contributed by atoms with Crippen molar-refractivity contribution in [3.05, 3.63) is 48.3 Å². The van der Waals surface area contributed by atoms with E-state index in [0.717, 1.165) is 19.4 Å². The second kappa shape index (κ2) is 8.28. The highest BCUT2D eigenvalue weighted by Crippen LogP contribution is 2.29. The molecular formula is C20H25FN4O3. The van der Waals surface area contributed by atoms with E-state index >= 15 is 0 Å². The van der Waals surface area contributed by atoms with Gasteiger partial charge in [-0.1, -0.05) is 6.07 Å². The fourth-order valence-corrected chi connectivity index (χ4v) is 4.14. The van der Waals surface area contributed by atoms with Crippen LogP contribution in [0.2, 0.25) is 0 Å². The second-order valence-electron chi connectivity index (χ2n) is 7.50. The Morgan fingerprint density at radius 3 is 3.04 bits per heavy atom. The molecule has 150 valence electrons. The van der Waals surface area contributed by atoms with Gasteiger partial charge in [0.2, 0.25) is 0 Å². The molecule has 8 heteroatoms. The van der Waals surface area contributed by atoms with Gasteiger partial charge in [0, 0.05) is 44.0 Å². The van der Waals surface area contributed by atoms with E-state index in [9.17, 15) is 14.3 Å². The lowest BCUT2D eigenvalue weighted by atomic mass is 9.92. The first-order chi connectivity index (χ1) is 13.6. The monoisotopic (exact) mass is 388 g/mol. The summed E-state index contributed by atoms with van der Waals surface area (Å²) in [6, 6.07) is 4.62. The zero-order valence-corrected chi connectivity index (χ0v) is 15.6. The third-order valence-electron chi connectivity index (χ3n) is 5.56. The molecule has 3 heterocycles. The predicted octanol–water partition coefficient (Wildman–Crippen LogP) is 2.08. The quantitative estimate of drug-likeness (QED) is 0.841. The molecule has 2 amide bonds. The Bertz CT molecular complexity index is 808. The lowest BCUT2D eigenvalue weighted by Crippen LogP contribution is -2.47. The normalized spacial score (nSPS) is 25.1. The van der Waals surface area contributed by atoms with Crippen LogP contribution in [0.1, 0.15) is 24.8 Å². The molecule has 0 bridgehead atoms. The van der Waals surface area contributed by atoms with Crippen molar-refractivity contribution in [3.63, 3.8) is 0 Å². The highest BCUT2D eigenvalue weighted by atomic mass is 19.1. The molecule has 3 unspecified atom stereocenters. The molecule has 2 fully saturated rings. The van der Waals surface area contributed by atoms with E-state index in [-0.39, 0.29) is 30.4 Å². The van der Waals surface area contributed by atoms with E-state index < -0.39 is 6.10 Å². The Morgan fingerprint density at radius 2 is 2.32 bits per heavy atom. The van der Waals surface area contributed by atoms with Gasteiger partial charge < -0.3 is 24.6 Å². The number of benzene rings is 1. The molecule has 28 heavy (non-hydrogen) atoms. The number of hydrogen-bond acceptors (Lipinski definition) is 4. The van der Waals surface area contributed by atoms with E-state index in [2.05, 4.69) is 10.3 Å².